The molecule has 0 aliphatic carbocycles. The van der Waals surface area contributed by atoms with Gasteiger partial charge < -0.3 is 9.88 Å². The van der Waals surface area contributed by atoms with Crippen LogP contribution in [0.25, 0.3) is 0 Å². The van der Waals surface area contributed by atoms with Crippen molar-refractivity contribution in [2.45, 2.75) is 26.3 Å². The van der Waals surface area contributed by atoms with Gasteiger partial charge in [-0.05, 0) is 31.0 Å². The first-order valence-electron chi connectivity index (χ1n) is 6.33. The quantitative estimate of drug-likeness (QED) is 0.877. The summed E-state index contributed by atoms with van der Waals surface area (Å²) in [5, 5.41) is 3.56. The lowest BCUT2D eigenvalue weighted by Crippen LogP contribution is -2.25. The van der Waals surface area contributed by atoms with Crippen LogP contribution in [0.5, 0.6) is 0 Å². The first-order valence-corrected chi connectivity index (χ1v) is 6.33. The summed E-state index contributed by atoms with van der Waals surface area (Å²) in [5.74, 6) is 0. The summed E-state index contributed by atoms with van der Waals surface area (Å²) in [7, 11) is 2.02. The third kappa shape index (κ3) is 2.76. The molecule has 0 aliphatic heterocycles. The van der Waals surface area contributed by atoms with E-state index in [9.17, 15) is 0 Å². The summed E-state index contributed by atoms with van der Waals surface area (Å²) >= 11 is 0. The number of imidazole rings is 1. The van der Waals surface area contributed by atoms with Gasteiger partial charge in [-0.2, -0.15) is 0 Å². The van der Waals surface area contributed by atoms with E-state index in [0.717, 1.165) is 18.7 Å². The Bertz CT molecular complexity index is 504. The third-order valence-electron chi connectivity index (χ3n) is 2.98. The summed E-state index contributed by atoms with van der Waals surface area (Å²) in [6.45, 7) is 5.21. The molecular weight excluding hydrogens is 224 g/mol. The van der Waals surface area contributed by atoms with Crippen LogP contribution in [0.2, 0.25) is 0 Å². The molecule has 0 fully saturated rings. The maximum atomic E-state index is 4.28. The van der Waals surface area contributed by atoms with Crippen molar-refractivity contribution in [1.82, 2.24) is 19.9 Å². The largest absolute Gasteiger partial charge is 0.336 e. The Morgan fingerprint density at radius 3 is 2.72 bits per heavy atom. The van der Waals surface area contributed by atoms with Gasteiger partial charge in [0.2, 0.25) is 0 Å². The van der Waals surface area contributed by atoms with E-state index in [4.69, 9.17) is 0 Å². The van der Waals surface area contributed by atoms with E-state index < -0.39 is 0 Å². The summed E-state index contributed by atoms with van der Waals surface area (Å²) in [6.07, 6.45) is 8.65. The summed E-state index contributed by atoms with van der Waals surface area (Å²) in [6, 6.07) is 2.33. The van der Waals surface area contributed by atoms with Crippen LogP contribution in [0, 0.1) is 6.92 Å². The van der Waals surface area contributed by atoms with Crippen molar-refractivity contribution >= 4 is 0 Å². The van der Waals surface area contributed by atoms with Gasteiger partial charge in [0.15, 0.2) is 0 Å². The molecule has 2 heterocycles. The smallest absolute Gasteiger partial charge is 0.0946 e. The Labute approximate surface area is 108 Å². The average molecular weight is 244 g/mol. The zero-order valence-electron chi connectivity index (χ0n) is 11.2. The van der Waals surface area contributed by atoms with Gasteiger partial charge in [0.05, 0.1) is 24.3 Å². The van der Waals surface area contributed by atoms with Gasteiger partial charge in [0.25, 0.3) is 0 Å². The van der Waals surface area contributed by atoms with Crippen molar-refractivity contribution in [3.63, 3.8) is 0 Å². The van der Waals surface area contributed by atoms with Crippen LogP contribution in [0.4, 0.5) is 0 Å². The minimum absolute atomic E-state index is 0.157. The van der Waals surface area contributed by atoms with Crippen molar-refractivity contribution in [2.75, 3.05) is 6.54 Å². The lowest BCUT2D eigenvalue weighted by Gasteiger charge is -2.19. The van der Waals surface area contributed by atoms with Crippen LogP contribution in [0.15, 0.2) is 31.0 Å². The molecule has 0 saturated carbocycles. The predicted octanol–water partition coefficient (Wildman–Crippen LogP) is 2.21. The van der Waals surface area contributed by atoms with E-state index in [1.54, 1.807) is 0 Å². The average Bonchev–Trinajstić information content (AvgIpc) is 2.77. The van der Waals surface area contributed by atoms with Crippen LogP contribution >= 0.6 is 0 Å². The van der Waals surface area contributed by atoms with Gasteiger partial charge >= 0.3 is 0 Å². The fourth-order valence-electron chi connectivity index (χ4n) is 2.06. The maximum absolute atomic E-state index is 4.28. The van der Waals surface area contributed by atoms with E-state index in [1.165, 1.54) is 11.1 Å². The van der Waals surface area contributed by atoms with E-state index >= 15 is 0 Å². The fraction of sp³-hybridized carbons (Fsp3) is 0.429. The minimum Gasteiger partial charge on any atom is -0.336 e. The molecule has 2 aromatic rings. The Morgan fingerprint density at radius 2 is 2.11 bits per heavy atom. The Morgan fingerprint density at radius 1 is 1.28 bits per heavy atom. The fourth-order valence-corrected chi connectivity index (χ4v) is 2.06. The van der Waals surface area contributed by atoms with Crippen LogP contribution in [0.1, 0.15) is 36.2 Å². The Balaban J connectivity index is 2.33. The van der Waals surface area contributed by atoms with Crippen LogP contribution in [-0.4, -0.2) is 21.1 Å². The SMILES string of the molecule is CCCNC(c1cncc(C)c1)c1cncn1C. The molecule has 2 rings (SSSR count). The second kappa shape index (κ2) is 5.78. The molecule has 0 radical (unpaired) electrons. The molecule has 18 heavy (non-hydrogen) atoms. The molecule has 1 atom stereocenters. The molecule has 0 amide bonds. The van der Waals surface area contributed by atoms with Crippen LogP contribution in [0.3, 0.4) is 0 Å². The molecule has 0 spiro atoms. The zero-order valence-corrected chi connectivity index (χ0v) is 11.2. The molecule has 0 bridgehead atoms. The highest BCUT2D eigenvalue weighted by molar-refractivity contribution is 5.27. The molecule has 0 saturated heterocycles. The van der Waals surface area contributed by atoms with Crippen molar-refractivity contribution in [2.24, 2.45) is 7.05 Å². The number of hydrogen-bond acceptors (Lipinski definition) is 3. The van der Waals surface area contributed by atoms with Gasteiger partial charge in [-0.15, -0.1) is 0 Å². The summed E-state index contributed by atoms with van der Waals surface area (Å²) in [5.41, 5.74) is 3.53. The Hall–Kier alpha value is -1.68. The lowest BCUT2D eigenvalue weighted by molar-refractivity contribution is 0.568. The van der Waals surface area contributed by atoms with Gasteiger partial charge in [-0.1, -0.05) is 13.0 Å². The second-order valence-electron chi connectivity index (χ2n) is 4.61. The van der Waals surface area contributed by atoms with Gasteiger partial charge in [0, 0.05) is 19.4 Å². The van der Waals surface area contributed by atoms with Gasteiger partial charge in [0.1, 0.15) is 0 Å². The van der Waals surface area contributed by atoms with Crippen molar-refractivity contribution in [3.8, 4) is 0 Å². The monoisotopic (exact) mass is 244 g/mol. The predicted molar refractivity (Wildman–Crippen MR) is 72.3 cm³/mol. The minimum atomic E-state index is 0.157. The number of aryl methyl sites for hydroxylation is 2. The molecule has 96 valence electrons. The first kappa shape index (κ1) is 12.8. The second-order valence-corrected chi connectivity index (χ2v) is 4.61. The summed E-state index contributed by atoms with van der Waals surface area (Å²) < 4.78 is 2.05. The van der Waals surface area contributed by atoms with E-state index in [-0.39, 0.29) is 6.04 Å². The highest BCUT2D eigenvalue weighted by Crippen LogP contribution is 2.21. The van der Waals surface area contributed by atoms with Crippen LogP contribution in [-0.2, 0) is 7.05 Å². The highest BCUT2D eigenvalue weighted by atomic mass is 15.1. The molecular formula is C14H20N4. The van der Waals surface area contributed by atoms with Crippen molar-refractivity contribution in [1.29, 1.82) is 0 Å². The highest BCUT2D eigenvalue weighted by Gasteiger charge is 2.16. The van der Waals surface area contributed by atoms with Crippen LogP contribution < -0.4 is 5.32 Å². The normalized spacial score (nSPS) is 12.6. The van der Waals surface area contributed by atoms with E-state index in [1.807, 2.05) is 32.0 Å². The number of hydrogen-bond donors (Lipinski definition) is 1. The van der Waals surface area contributed by atoms with Gasteiger partial charge in [-0.25, -0.2) is 4.98 Å². The van der Waals surface area contributed by atoms with E-state index in [0.29, 0.717) is 0 Å². The third-order valence-corrected chi connectivity index (χ3v) is 2.98. The molecule has 1 N–H and O–H groups in total. The maximum Gasteiger partial charge on any atom is 0.0946 e. The number of nitrogens with one attached hydrogen (secondary N) is 1. The van der Waals surface area contributed by atoms with E-state index in [2.05, 4.69) is 39.8 Å². The first-order chi connectivity index (χ1) is 8.72. The molecule has 0 aliphatic rings. The molecule has 0 aromatic carbocycles. The number of nitrogens with zero attached hydrogens (tertiary/aromatic N) is 3. The molecule has 4 nitrogen and oxygen atoms in total. The molecule has 2 aromatic heterocycles. The zero-order chi connectivity index (χ0) is 13.0. The Kier molecular flexibility index (Phi) is 4.10. The number of aromatic nitrogens is 3. The number of pyridine rings is 1. The van der Waals surface area contributed by atoms with Crippen molar-refractivity contribution < 1.29 is 0 Å². The summed E-state index contributed by atoms with van der Waals surface area (Å²) in [4.78, 5) is 8.48. The van der Waals surface area contributed by atoms with Gasteiger partial charge in [-0.3, -0.25) is 4.98 Å². The standard InChI is InChI=1S/C14H20N4/c1-4-5-17-14(13-9-16-10-18(13)3)12-6-11(2)7-15-8-12/h6-10,14,17H,4-5H2,1-3H3. The lowest BCUT2D eigenvalue weighted by atomic mass is 10.0. The number of rotatable bonds is 5. The topological polar surface area (TPSA) is 42.7 Å². The molecule has 1 unspecified atom stereocenters. The molecule has 4 heteroatoms. The van der Waals surface area contributed by atoms with Crippen molar-refractivity contribution in [3.05, 3.63) is 47.8 Å².